The highest BCUT2D eigenvalue weighted by Gasteiger charge is 2.31. The lowest BCUT2D eigenvalue weighted by molar-refractivity contribution is -0.122. The number of piperazine rings is 1. The molecule has 1 aliphatic heterocycles. The van der Waals surface area contributed by atoms with Crippen LogP contribution in [0.4, 0.5) is 0 Å². The van der Waals surface area contributed by atoms with E-state index in [1.807, 2.05) is 6.07 Å². The minimum Gasteiger partial charge on any atom is -0.368 e. The quantitative estimate of drug-likeness (QED) is 0.827. The molecule has 2 amide bonds. The molecule has 1 aromatic rings. The third kappa shape index (κ3) is 2.54. The Balaban J connectivity index is 2.27. The van der Waals surface area contributed by atoms with Crippen LogP contribution in [0.5, 0.6) is 0 Å². The first-order valence-corrected chi connectivity index (χ1v) is 6.46. The van der Waals surface area contributed by atoms with Gasteiger partial charge in [-0.25, -0.2) is 0 Å². The number of nitrogens with one attached hydrogen (secondary N) is 1. The highest BCUT2D eigenvalue weighted by molar-refractivity contribution is 9.10. The molecule has 3 N–H and O–H groups in total. The molecule has 1 atom stereocenters. The number of benzene rings is 1. The Morgan fingerprint density at radius 3 is 2.78 bits per heavy atom. The predicted molar refractivity (Wildman–Crippen MR) is 71.0 cm³/mol. The van der Waals surface area contributed by atoms with Crippen molar-refractivity contribution < 1.29 is 9.59 Å². The Labute approximate surface area is 113 Å². The van der Waals surface area contributed by atoms with Crippen molar-refractivity contribution >= 4 is 27.7 Å². The summed E-state index contributed by atoms with van der Waals surface area (Å²) in [7, 11) is 0. The van der Waals surface area contributed by atoms with Gasteiger partial charge in [0, 0.05) is 24.1 Å². The fraction of sp³-hybridized carbons (Fsp3) is 0.333. The first-order chi connectivity index (χ1) is 8.61. The Bertz CT molecular complexity index is 478. The molecule has 0 aliphatic carbocycles. The first kappa shape index (κ1) is 13.0. The minimum absolute atomic E-state index is 0.173. The lowest BCUT2D eigenvalue weighted by Gasteiger charge is -2.34. The van der Waals surface area contributed by atoms with Gasteiger partial charge in [-0.15, -0.1) is 0 Å². The average molecular weight is 312 g/mol. The van der Waals surface area contributed by atoms with E-state index in [9.17, 15) is 9.59 Å². The maximum absolute atomic E-state index is 12.4. The van der Waals surface area contributed by atoms with Crippen LogP contribution in [0.15, 0.2) is 28.7 Å². The zero-order valence-electron chi connectivity index (χ0n) is 9.73. The second kappa shape index (κ2) is 5.49. The van der Waals surface area contributed by atoms with E-state index in [0.29, 0.717) is 25.2 Å². The van der Waals surface area contributed by atoms with E-state index in [4.69, 9.17) is 5.73 Å². The van der Waals surface area contributed by atoms with Crippen molar-refractivity contribution in [2.75, 3.05) is 19.6 Å². The van der Waals surface area contributed by atoms with Gasteiger partial charge in [-0.05, 0) is 28.1 Å². The maximum Gasteiger partial charge on any atom is 0.255 e. The fourth-order valence-electron chi connectivity index (χ4n) is 1.99. The Morgan fingerprint density at radius 1 is 1.39 bits per heavy atom. The zero-order valence-corrected chi connectivity index (χ0v) is 11.3. The highest BCUT2D eigenvalue weighted by atomic mass is 79.9. The third-order valence-electron chi connectivity index (χ3n) is 2.94. The maximum atomic E-state index is 12.4. The molecular weight excluding hydrogens is 298 g/mol. The summed E-state index contributed by atoms with van der Waals surface area (Å²) in [5, 5.41) is 3.06. The normalized spacial score (nSPS) is 19.6. The molecule has 1 aromatic carbocycles. The van der Waals surface area contributed by atoms with Crippen molar-refractivity contribution in [3.8, 4) is 0 Å². The second-order valence-corrected chi connectivity index (χ2v) is 4.96. The summed E-state index contributed by atoms with van der Waals surface area (Å²) in [6, 6.07) is 6.57. The van der Waals surface area contributed by atoms with E-state index in [1.54, 1.807) is 18.2 Å². The van der Waals surface area contributed by atoms with Gasteiger partial charge in [0.2, 0.25) is 5.91 Å². The number of hydrogen-bond donors (Lipinski definition) is 2. The predicted octanol–water partition coefficient (Wildman–Crippen LogP) is 0.348. The second-order valence-electron chi connectivity index (χ2n) is 4.10. The smallest absolute Gasteiger partial charge is 0.255 e. The summed E-state index contributed by atoms with van der Waals surface area (Å²) in [6.07, 6.45) is 0. The standard InChI is InChI=1S/C12H14BrN3O2/c13-9-4-2-1-3-8(9)12(18)16-6-5-15-7-10(16)11(14)17/h1-4,10,15H,5-7H2,(H2,14,17). The molecule has 96 valence electrons. The Kier molecular flexibility index (Phi) is 3.98. The van der Waals surface area contributed by atoms with Gasteiger partial charge in [0.1, 0.15) is 6.04 Å². The van der Waals surface area contributed by atoms with E-state index >= 15 is 0 Å². The monoisotopic (exact) mass is 311 g/mol. The molecule has 0 radical (unpaired) electrons. The number of nitrogens with zero attached hydrogens (tertiary/aromatic N) is 1. The van der Waals surface area contributed by atoms with Gasteiger partial charge < -0.3 is 16.0 Å². The van der Waals surface area contributed by atoms with Crippen LogP contribution in [0, 0.1) is 0 Å². The van der Waals surface area contributed by atoms with Crippen LogP contribution in [-0.2, 0) is 4.79 Å². The van der Waals surface area contributed by atoms with Gasteiger partial charge in [-0.1, -0.05) is 12.1 Å². The number of halogens is 1. The lowest BCUT2D eigenvalue weighted by atomic mass is 10.1. The summed E-state index contributed by atoms with van der Waals surface area (Å²) in [5.41, 5.74) is 5.87. The lowest BCUT2D eigenvalue weighted by Crippen LogP contribution is -2.58. The third-order valence-corrected chi connectivity index (χ3v) is 3.63. The molecule has 18 heavy (non-hydrogen) atoms. The number of carbonyl (C=O) groups is 2. The zero-order chi connectivity index (χ0) is 13.1. The van der Waals surface area contributed by atoms with Crippen molar-refractivity contribution in [3.05, 3.63) is 34.3 Å². The molecule has 1 aliphatic rings. The van der Waals surface area contributed by atoms with Gasteiger partial charge in [-0.3, -0.25) is 9.59 Å². The van der Waals surface area contributed by atoms with Crippen LogP contribution >= 0.6 is 15.9 Å². The number of carbonyl (C=O) groups excluding carboxylic acids is 2. The number of amides is 2. The summed E-state index contributed by atoms with van der Waals surface area (Å²) in [6.45, 7) is 1.55. The molecule has 2 rings (SSSR count). The van der Waals surface area contributed by atoms with Crippen molar-refractivity contribution in [3.63, 3.8) is 0 Å². The molecule has 1 heterocycles. The summed E-state index contributed by atoms with van der Waals surface area (Å²) in [5.74, 6) is -0.657. The topological polar surface area (TPSA) is 75.4 Å². The molecule has 1 saturated heterocycles. The van der Waals surface area contributed by atoms with E-state index in [1.165, 1.54) is 4.90 Å². The molecular formula is C12H14BrN3O2. The first-order valence-electron chi connectivity index (χ1n) is 5.67. The molecule has 1 unspecified atom stereocenters. The van der Waals surface area contributed by atoms with Crippen LogP contribution in [0.2, 0.25) is 0 Å². The van der Waals surface area contributed by atoms with Gasteiger partial charge in [0.25, 0.3) is 5.91 Å². The van der Waals surface area contributed by atoms with E-state index in [-0.39, 0.29) is 5.91 Å². The Hall–Kier alpha value is -1.40. The van der Waals surface area contributed by atoms with Crippen molar-refractivity contribution in [2.24, 2.45) is 5.73 Å². The summed E-state index contributed by atoms with van der Waals surface area (Å²) in [4.78, 5) is 25.3. The van der Waals surface area contributed by atoms with E-state index < -0.39 is 11.9 Å². The van der Waals surface area contributed by atoms with Crippen LogP contribution in [0.3, 0.4) is 0 Å². The number of nitrogens with two attached hydrogens (primary N) is 1. The number of hydrogen-bond acceptors (Lipinski definition) is 3. The largest absolute Gasteiger partial charge is 0.368 e. The number of rotatable bonds is 2. The van der Waals surface area contributed by atoms with Gasteiger partial charge in [0.05, 0.1) is 5.56 Å². The summed E-state index contributed by atoms with van der Waals surface area (Å²) < 4.78 is 0.719. The molecule has 0 saturated carbocycles. The van der Waals surface area contributed by atoms with Crippen LogP contribution in [0.1, 0.15) is 10.4 Å². The fourth-order valence-corrected chi connectivity index (χ4v) is 2.45. The molecule has 0 aromatic heterocycles. The molecule has 6 heteroatoms. The molecule has 0 spiro atoms. The Morgan fingerprint density at radius 2 is 2.11 bits per heavy atom. The molecule has 1 fully saturated rings. The highest BCUT2D eigenvalue weighted by Crippen LogP contribution is 2.19. The van der Waals surface area contributed by atoms with Gasteiger partial charge in [0.15, 0.2) is 0 Å². The van der Waals surface area contributed by atoms with Gasteiger partial charge in [-0.2, -0.15) is 0 Å². The van der Waals surface area contributed by atoms with Crippen LogP contribution in [0.25, 0.3) is 0 Å². The van der Waals surface area contributed by atoms with Crippen molar-refractivity contribution in [1.29, 1.82) is 0 Å². The van der Waals surface area contributed by atoms with Crippen LogP contribution in [-0.4, -0.2) is 42.4 Å². The van der Waals surface area contributed by atoms with Crippen molar-refractivity contribution in [2.45, 2.75) is 6.04 Å². The molecule has 5 nitrogen and oxygen atoms in total. The van der Waals surface area contributed by atoms with Crippen LogP contribution < -0.4 is 11.1 Å². The average Bonchev–Trinajstić information content (AvgIpc) is 2.38. The summed E-state index contributed by atoms with van der Waals surface area (Å²) >= 11 is 3.34. The number of primary amides is 1. The minimum atomic E-state index is -0.585. The van der Waals surface area contributed by atoms with E-state index in [2.05, 4.69) is 21.2 Å². The van der Waals surface area contributed by atoms with E-state index in [0.717, 1.165) is 4.47 Å². The van der Waals surface area contributed by atoms with Gasteiger partial charge >= 0.3 is 0 Å². The SMILES string of the molecule is NC(=O)C1CNCCN1C(=O)c1ccccc1Br. The van der Waals surface area contributed by atoms with Crippen molar-refractivity contribution in [1.82, 2.24) is 10.2 Å². The molecule has 0 bridgehead atoms.